The van der Waals surface area contributed by atoms with Crippen LogP contribution in [0.1, 0.15) is 0 Å². The van der Waals surface area contributed by atoms with Gasteiger partial charge in [-0.2, -0.15) is 8.42 Å². The van der Waals surface area contributed by atoms with Gasteiger partial charge in [-0.3, -0.25) is 4.55 Å². The van der Waals surface area contributed by atoms with Crippen LogP contribution in [-0.4, -0.2) is 18.1 Å². The predicted octanol–water partition coefficient (Wildman–Crippen LogP) is 1.09. The summed E-state index contributed by atoms with van der Waals surface area (Å²) in [6.45, 7) is 0. The van der Waals surface area contributed by atoms with Crippen LogP contribution in [0.15, 0.2) is 17.0 Å². The van der Waals surface area contributed by atoms with Gasteiger partial charge in [0, 0.05) is 6.07 Å². The number of rotatable bonds is 1. The third-order valence-corrected chi connectivity index (χ3v) is 2.26. The molecule has 1 rings (SSSR count). The van der Waals surface area contributed by atoms with E-state index < -0.39 is 15.0 Å². The van der Waals surface area contributed by atoms with Gasteiger partial charge in [0.15, 0.2) is 0 Å². The standard InChI is InChI=1S/C6H4ClO4S/c7-5-3-4(12(9,10)11)1-2-6(5)8/h1,3,8H,(H,9,10,11). The van der Waals surface area contributed by atoms with Gasteiger partial charge in [-0.25, -0.2) is 0 Å². The first kappa shape index (κ1) is 9.31. The Bertz CT molecular complexity index is 398. The van der Waals surface area contributed by atoms with Crippen LogP contribution in [0.4, 0.5) is 0 Å². The average Bonchev–Trinajstić information content (AvgIpc) is 1.92. The topological polar surface area (TPSA) is 74.6 Å². The number of aromatic hydroxyl groups is 1. The molecule has 0 heterocycles. The Labute approximate surface area is 74.2 Å². The summed E-state index contributed by atoms with van der Waals surface area (Å²) in [5.74, 6) is -0.357. The molecule has 4 nitrogen and oxygen atoms in total. The molecule has 0 amide bonds. The maximum atomic E-state index is 10.5. The summed E-state index contributed by atoms with van der Waals surface area (Å²) in [4.78, 5) is -0.398. The summed E-state index contributed by atoms with van der Waals surface area (Å²) in [7, 11) is -4.27. The van der Waals surface area contributed by atoms with Crippen LogP contribution in [0.2, 0.25) is 5.02 Å². The summed E-state index contributed by atoms with van der Waals surface area (Å²) < 4.78 is 29.5. The summed E-state index contributed by atoms with van der Waals surface area (Å²) in [6, 6.07) is 4.02. The zero-order valence-electron chi connectivity index (χ0n) is 5.65. The molecular weight excluding hydrogens is 204 g/mol. The van der Waals surface area contributed by atoms with E-state index in [1.165, 1.54) is 0 Å². The normalized spacial score (nSPS) is 11.5. The van der Waals surface area contributed by atoms with Crippen LogP contribution < -0.4 is 0 Å². The highest BCUT2D eigenvalue weighted by Gasteiger charge is 2.11. The maximum absolute atomic E-state index is 10.5. The van der Waals surface area contributed by atoms with Crippen LogP contribution in [0.25, 0.3) is 0 Å². The highest BCUT2D eigenvalue weighted by Crippen LogP contribution is 2.24. The lowest BCUT2D eigenvalue weighted by Gasteiger charge is -1.98. The lowest BCUT2D eigenvalue weighted by atomic mass is 10.3. The summed E-state index contributed by atoms with van der Waals surface area (Å²) in [5, 5.41) is 8.67. The third kappa shape index (κ3) is 1.88. The van der Waals surface area contributed by atoms with E-state index in [0.29, 0.717) is 0 Å². The molecule has 0 atom stereocenters. The number of phenolic OH excluding ortho intramolecular Hbond substituents is 1. The third-order valence-electron chi connectivity index (χ3n) is 1.14. The van der Waals surface area contributed by atoms with Crippen molar-refractivity contribution >= 4 is 21.7 Å². The first-order valence-corrected chi connectivity index (χ1v) is 4.61. The number of halogens is 1. The van der Waals surface area contributed by atoms with Gasteiger partial charge in [0.05, 0.1) is 9.92 Å². The van der Waals surface area contributed by atoms with Gasteiger partial charge in [-0.05, 0) is 12.1 Å². The van der Waals surface area contributed by atoms with Gasteiger partial charge >= 0.3 is 0 Å². The summed E-state index contributed by atoms with van der Waals surface area (Å²) in [5.41, 5.74) is 0. The molecule has 0 spiro atoms. The van der Waals surface area contributed by atoms with Crippen molar-refractivity contribution < 1.29 is 18.1 Å². The summed E-state index contributed by atoms with van der Waals surface area (Å²) >= 11 is 5.36. The molecule has 0 saturated heterocycles. The van der Waals surface area contributed by atoms with Crippen LogP contribution in [0, 0.1) is 6.07 Å². The van der Waals surface area contributed by atoms with E-state index in [1.807, 2.05) is 0 Å². The molecule has 2 N–H and O–H groups in total. The second-order valence-electron chi connectivity index (χ2n) is 2.01. The fraction of sp³-hybridized carbons (Fsp3) is 0. The second-order valence-corrected chi connectivity index (χ2v) is 3.84. The van der Waals surface area contributed by atoms with E-state index in [-0.39, 0.29) is 10.8 Å². The molecule has 0 unspecified atom stereocenters. The fourth-order valence-corrected chi connectivity index (χ4v) is 1.30. The smallest absolute Gasteiger partial charge is 0.294 e. The molecular formula is C6H4ClO4S. The van der Waals surface area contributed by atoms with E-state index in [4.69, 9.17) is 21.3 Å². The Morgan fingerprint density at radius 2 is 2.08 bits per heavy atom. The molecule has 1 aromatic carbocycles. The van der Waals surface area contributed by atoms with E-state index in [1.54, 1.807) is 0 Å². The Kier molecular flexibility index (Phi) is 2.27. The van der Waals surface area contributed by atoms with Crippen LogP contribution in [-0.2, 0) is 10.1 Å². The van der Waals surface area contributed by atoms with E-state index in [2.05, 4.69) is 6.07 Å². The van der Waals surface area contributed by atoms with Gasteiger partial charge < -0.3 is 5.11 Å². The van der Waals surface area contributed by atoms with Crippen molar-refractivity contribution in [2.24, 2.45) is 0 Å². The largest absolute Gasteiger partial charge is 0.506 e. The molecule has 0 aromatic heterocycles. The van der Waals surface area contributed by atoms with Crippen molar-refractivity contribution in [3.63, 3.8) is 0 Å². The molecule has 0 fully saturated rings. The van der Waals surface area contributed by atoms with Gasteiger partial charge in [-0.1, -0.05) is 11.6 Å². The van der Waals surface area contributed by atoms with Gasteiger partial charge in [0.1, 0.15) is 5.75 Å². The molecule has 1 radical (unpaired) electrons. The first-order chi connectivity index (χ1) is 5.41. The lowest BCUT2D eigenvalue weighted by molar-refractivity contribution is 0.472. The zero-order chi connectivity index (χ0) is 9.35. The minimum atomic E-state index is -4.27. The fourth-order valence-electron chi connectivity index (χ4n) is 0.592. The minimum Gasteiger partial charge on any atom is -0.506 e. The molecule has 0 aliphatic heterocycles. The van der Waals surface area contributed by atoms with Crippen LogP contribution in [0.3, 0.4) is 0 Å². The van der Waals surface area contributed by atoms with Crippen molar-refractivity contribution in [1.82, 2.24) is 0 Å². The van der Waals surface area contributed by atoms with Gasteiger partial charge in [0.25, 0.3) is 10.1 Å². The molecule has 0 bridgehead atoms. The minimum absolute atomic E-state index is 0.176. The van der Waals surface area contributed by atoms with Crippen molar-refractivity contribution in [3.8, 4) is 5.75 Å². The number of hydrogen-bond acceptors (Lipinski definition) is 3. The highest BCUT2D eigenvalue weighted by atomic mass is 35.5. The molecule has 6 heteroatoms. The van der Waals surface area contributed by atoms with Crippen molar-refractivity contribution in [1.29, 1.82) is 0 Å². The Morgan fingerprint density at radius 3 is 2.50 bits per heavy atom. The van der Waals surface area contributed by atoms with Crippen LogP contribution >= 0.6 is 11.6 Å². The summed E-state index contributed by atoms with van der Waals surface area (Å²) in [6.07, 6.45) is 0. The Balaban J connectivity index is 3.33. The van der Waals surface area contributed by atoms with Crippen molar-refractivity contribution in [2.45, 2.75) is 4.90 Å². The Morgan fingerprint density at radius 1 is 1.50 bits per heavy atom. The SMILES string of the molecule is O=S(=O)(O)c1c[c]c(O)c(Cl)c1. The van der Waals surface area contributed by atoms with Crippen molar-refractivity contribution in [3.05, 3.63) is 23.2 Å². The number of benzene rings is 1. The molecule has 12 heavy (non-hydrogen) atoms. The predicted molar refractivity (Wildman–Crippen MR) is 41.8 cm³/mol. The van der Waals surface area contributed by atoms with Crippen molar-refractivity contribution in [2.75, 3.05) is 0 Å². The average molecular weight is 208 g/mol. The molecule has 1 aromatic rings. The monoisotopic (exact) mass is 207 g/mol. The lowest BCUT2D eigenvalue weighted by Crippen LogP contribution is -1.97. The zero-order valence-corrected chi connectivity index (χ0v) is 7.22. The maximum Gasteiger partial charge on any atom is 0.294 e. The Hall–Kier alpha value is -0.780. The van der Waals surface area contributed by atoms with E-state index in [0.717, 1.165) is 12.1 Å². The van der Waals surface area contributed by atoms with Gasteiger partial charge in [0.2, 0.25) is 0 Å². The quantitative estimate of drug-likeness (QED) is 0.676. The molecule has 0 aliphatic rings. The second kappa shape index (κ2) is 2.93. The van der Waals surface area contributed by atoms with E-state index >= 15 is 0 Å². The first-order valence-electron chi connectivity index (χ1n) is 2.79. The molecule has 0 aliphatic carbocycles. The van der Waals surface area contributed by atoms with Gasteiger partial charge in [-0.15, -0.1) is 0 Å². The molecule has 65 valence electrons. The highest BCUT2D eigenvalue weighted by molar-refractivity contribution is 7.85. The van der Waals surface area contributed by atoms with E-state index in [9.17, 15) is 8.42 Å². The molecule has 0 saturated carbocycles. The number of hydrogen-bond donors (Lipinski definition) is 2. The number of phenols is 1. The van der Waals surface area contributed by atoms with Crippen LogP contribution in [0.5, 0.6) is 5.75 Å².